The molecule has 4 aromatic rings. The van der Waals surface area contributed by atoms with Crippen molar-refractivity contribution in [1.82, 2.24) is 19.7 Å². The van der Waals surface area contributed by atoms with Crippen molar-refractivity contribution in [3.8, 4) is 22.8 Å². The molecule has 0 unspecified atom stereocenters. The number of aromatic hydroxyl groups is 1. The second-order valence-electron chi connectivity index (χ2n) is 6.77. The van der Waals surface area contributed by atoms with E-state index < -0.39 is 5.97 Å². The highest BCUT2D eigenvalue weighted by Crippen LogP contribution is 2.28. The van der Waals surface area contributed by atoms with E-state index in [2.05, 4.69) is 20.4 Å². The Hall–Kier alpha value is -4.40. The molecule has 31 heavy (non-hydrogen) atoms. The second kappa shape index (κ2) is 8.15. The summed E-state index contributed by atoms with van der Waals surface area (Å²) >= 11 is 0. The smallest absolute Gasteiger partial charge is 0.337 e. The predicted octanol–water partition coefficient (Wildman–Crippen LogP) is 3.46. The zero-order valence-electron chi connectivity index (χ0n) is 16.9. The number of methoxy groups -OCH3 is 1. The van der Waals surface area contributed by atoms with Crippen molar-refractivity contribution >= 4 is 23.3 Å². The molecule has 0 fully saturated rings. The number of hydrogen-bond acceptors (Lipinski definition) is 8. The van der Waals surface area contributed by atoms with Crippen LogP contribution in [0, 0.1) is 6.92 Å². The third kappa shape index (κ3) is 4.30. The van der Waals surface area contributed by atoms with Gasteiger partial charge in [-0.05, 0) is 31.2 Å². The first kappa shape index (κ1) is 19.9. The Bertz CT molecular complexity index is 1230. The van der Waals surface area contributed by atoms with E-state index >= 15 is 0 Å². The van der Waals surface area contributed by atoms with Crippen LogP contribution in [0.4, 0.5) is 17.3 Å². The molecule has 0 spiro atoms. The zero-order chi connectivity index (χ0) is 22.0. The van der Waals surface area contributed by atoms with Gasteiger partial charge in [0, 0.05) is 29.4 Å². The maximum absolute atomic E-state index is 11.7. The van der Waals surface area contributed by atoms with Crippen molar-refractivity contribution < 1.29 is 14.6 Å². The van der Waals surface area contributed by atoms with Gasteiger partial charge in [-0.1, -0.05) is 18.2 Å². The molecule has 9 nitrogen and oxygen atoms in total. The van der Waals surface area contributed by atoms with Crippen LogP contribution in [0.25, 0.3) is 17.1 Å². The average Bonchev–Trinajstić information content (AvgIpc) is 3.16. The Morgan fingerprint density at radius 3 is 2.55 bits per heavy atom. The summed E-state index contributed by atoms with van der Waals surface area (Å²) in [6.07, 6.45) is 0. The Morgan fingerprint density at radius 1 is 1.10 bits per heavy atom. The number of phenolic OH excluding ortho intramolecular Hbond substituents is 1. The highest BCUT2D eigenvalue weighted by atomic mass is 16.5. The molecule has 156 valence electrons. The summed E-state index contributed by atoms with van der Waals surface area (Å²) in [7, 11) is 1.34. The van der Waals surface area contributed by atoms with Crippen molar-refractivity contribution in [2.75, 3.05) is 18.2 Å². The quantitative estimate of drug-likeness (QED) is 0.422. The van der Waals surface area contributed by atoms with E-state index in [0.717, 1.165) is 5.56 Å². The molecule has 2 aromatic heterocycles. The summed E-state index contributed by atoms with van der Waals surface area (Å²) in [5, 5.41) is 17.7. The third-order valence-corrected chi connectivity index (χ3v) is 4.49. The lowest BCUT2D eigenvalue weighted by Gasteiger charge is -2.10. The van der Waals surface area contributed by atoms with Crippen LogP contribution in [0.1, 0.15) is 16.2 Å². The van der Waals surface area contributed by atoms with Crippen LogP contribution in [0.5, 0.6) is 5.75 Å². The molecule has 4 rings (SSSR count). The van der Waals surface area contributed by atoms with Crippen molar-refractivity contribution in [3.05, 3.63) is 72.1 Å². The predicted molar refractivity (Wildman–Crippen MR) is 116 cm³/mol. The lowest BCUT2D eigenvalue weighted by molar-refractivity contribution is 0.0600. The Morgan fingerprint density at radius 2 is 1.87 bits per heavy atom. The summed E-state index contributed by atoms with van der Waals surface area (Å²) in [5.74, 6) is 1.66. The summed E-state index contributed by atoms with van der Waals surface area (Å²) < 4.78 is 6.36. The Balaban J connectivity index is 1.78. The molecule has 0 amide bonds. The van der Waals surface area contributed by atoms with Crippen LogP contribution in [-0.2, 0) is 4.74 Å². The van der Waals surface area contributed by atoms with E-state index in [1.165, 1.54) is 7.11 Å². The molecule has 0 aliphatic carbocycles. The number of anilines is 3. The number of aromatic nitrogens is 4. The lowest BCUT2D eigenvalue weighted by Crippen LogP contribution is -2.07. The number of hydrogen-bond donors (Lipinski definition) is 3. The maximum atomic E-state index is 11.7. The molecule has 2 heterocycles. The number of nitrogens with one attached hydrogen (secondary N) is 1. The van der Waals surface area contributed by atoms with Crippen LogP contribution in [-0.4, -0.2) is 37.9 Å². The van der Waals surface area contributed by atoms with Crippen molar-refractivity contribution in [2.45, 2.75) is 6.92 Å². The third-order valence-electron chi connectivity index (χ3n) is 4.49. The van der Waals surface area contributed by atoms with E-state index in [0.29, 0.717) is 40.2 Å². The minimum absolute atomic E-state index is 0.136. The first-order chi connectivity index (χ1) is 14.9. The van der Waals surface area contributed by atoms with Crippen LogP contribution in [0.3, 0.4) is 0 Å². The monoisotopic (exact) mass is 416 g/mol. The first-order valence-electron chi connectivity index (χ1n) is 9.39. The Kier molecular flexibility index (Phi) is 5.23. The van der Waals surface area contributed by atoms with E-state index in [4.69, 9.17) is 10.5 Å². The fourth-order valence-corrected chi connectivity index (χ4v) is 3.10. The van der Waals surface area contributed by atoms with Gasteiger partial charge in [0.1, 0.15) is 23.2 Å². The average molecular weight is 416 g/mol. The topological polar surface area (TPSA) is 128 Å². The molecule has 0 aliphatic rings. The van der Waals surface area contributed by atoms with E-state index in [1.54, 1.807) is 60.1 Å². The van der Waals surface area contributed by atoms with E-state index in [1.807, 2.05) is 12.1 Å². The summed E-state index contributed by atoms with van der Waals surface area (Å²) in [5.41, 5.74) is 8.47. The van der Waals surface area contributed by atoms with Crippen LogP contribution >= 0.6 is 0 Å². The van der Waals surface area contributed by atoms with Crippen molar-refractivity contribution in [3.63, 3.8) is 0 Å². The van der Waals surface area contributed by atoms with E-state index in [9.17, 15) is 9.90 Å². The van der Waals surface area contributed by atoms with Crippen molar-refractivity contribution in [2.24, 2.45) is 0 Å². The van der Waals surface area contributed by atoms with Gasteiger partial charge in [0.25, 0.3) is 0 Å². The number of benzene rings is 2. The molecule has 0 bridgehead atoms. The SMILES string of the molecule is COC(=O)c1ccc(-c2cc(Nc3cccc(O)c3)n(-c3cc(N)nc(C)n3)n2)cc1. The Labute approximate surface area is 178 Å². The second-order valence-corrected chi connectivity index (χ2v) is 6.77. The number of aryl methyl sites for hydroxylation is 1. The molecular weight excluding hydrogens is 396 g/mol. The highest BCUT2D eigenvalue weighted by Gasteiger charge is 2.15. The number of nitrogens with two attached hydrogens (primary N) is 1. The van der Waals surface area contributed by atoms with Gasteiger partial charge in [0.05, 0.1) is 18.4 Å². The molecular formula is C22H20N6O3. The number of ether oxygens (including phenoxy) is 1. The highest BCUT2D eigenvalue weighted by molar-refractivity contribution is 5.90. The normalized spacial score (nSPS) is 10.6. The number of carbonyl (C=O) groups excluding carboxylic acids is 1. The molecule has 2 aromatic carbocycles. The number of nitrogen functional groups attached to an aromatic ring is 1. The van der Waals surface area contributed by atoms with Gasteiger partial charge in [-0.3, -0.25) is 0 Å². The van der Waals surface area contributed by atoms with Gasteiger partial charge >= 0.3 is 5.97 Å². The fraction of sp³-hybridized carbons (Fsp3) is 0.0909. The van der Waals surface area contributed by atoms with Gasteiger partial charge < -0.3 is 20.9 Å². The largest absolute Gasteiger partial charge is 0.508 e. The number of nitrogens with zero attached hydrogens (tertiary/aromatic N) is 4. The van der Waals surface area contributed by atoms with Gasteiger partial charge in [0.2, 0.25) is 0 Å². The van der Waals surface area contributed by atoms with Crippen LogP contribution in [0.2, 0.25) is 0 Å². The van der Waals surface area contributed by atoms with Gasteiger partial charge in [-0.15, -0.1) is 0 Å². The minimum Gasteiger partial charge on any atom is -0.508 e. The zero-order valence-corrected chi connectivity index (χ0v) is 16.9. The number of carbonyl (C=O) groups is 1. The standard InChI is InChI=1S/C22H20N6O3/c1-13-24-19(23)12-21(25-13)28-20(26-16-4-3-5-17(29)10-16)11-18(27-28)14-6-8-15(9-7-14)22(30)31-2/h3-12,26,29H,1-2H3,(H2,23,24,25). The molecule has 0 aliphatic heterocycles. The van der Waals surface area contributed by atoms with Gasteiger partial charge in [-0.2, -0.15) is 9.78 Å². The summed E-state index contributed by atoms with van der Waals surface area (Å²) in [6, 6.07) is 17.1. The summed E-state index contributed by atoms with van der Waals surface area (Å²) in [4.78, 5) is 20.3. The number of esters is 1. The number of phenols is 1. The number of rotatable bonds is 5. The van der Waals surface area contributed by atoms with Gasteiger partial charge in [0.15, 0.2) is 5.82 Å². The fourth-order valence-electron chi connectivity index (χ4n) is 3.10. The van der Waals surface area contributed by atoms with E-state index in [-0.39, 0.29) is 5.75 Å². The van der Waals surface area contributed by atoms with Crippen LogP contribution in [0.15, 0.2) is 60.7 Å². The molecule has 0 radical (unpaired) electrons. The van der Waals surface area contributed by atoms with Gasteiger partial charge in [-0.25, -0.2) is 14.8 Å². The van der Waals surface area contributed by atoms with Crippen LogP contribution < -0.4 is 11.1 Å². The molecule has 0 saturated heterocycles. The summed E-state index contributed by atoms with van der Waals surface area (Å²) in [6.45, 7) is 1.75. The maximum Gasteiger partial charge on any atom is 0.337 e. The molecule has 0 saturated carbocycles. The molecule has 0 atom stereocenters. The molecule has 4 N–H and O–H groups in total. The molecule has 9 heteroatoms. The first-order valence-corrected chi connectivity index (χ1v) is 9.39. The van der Waals surface area contributed by atoms with Crippen molar-refractivity contribution in [1.29, 1.82) is 0 Å². The lowest BCUT2D eigenvalue weighted by atomic mass is 10.1. The minimum atomic E-state index is -0.407.